The van der Waals surface area contributed by atoms with Gasteiger partial charge in [0.1, 0.15) is 24.2 Å². The number of nitrogens with two attached hydrogens (primary N) is 1. The Morgan fingerprint density at radius 3 is 2.06 bits per heavy atom. The number of hydrogen-bond acceptors (Lipinski definition) is 10. The van der Waals surface area contributed by atoms with Gasteiger partial charge in [0, 0.05) is 40.3 Å². The molecule has 0 aromatic heterocycles. The van der Waals surface area contributed by atoms with Crippen LogP contribution in [0.3, 0.4) is 0 Å². The third-order valence-corrected chi connectivity index (χ3v) is 15.6. The topological polar surface area (TPSA) is 256 Å². The maximum Gasteiger partial charge on any atom is 0.481 e. The van der Waals surface area contributed by atoms with Crippen LogP contribution in [0.5, 0.6) is 0 Å². The number of carbonyl (C=O) groups excluding carboxylic acids is 7. The third-order valence-electron chi connectivity index (χ3n) is 14.3. The minimum Gasteiger partial charge on any atom is -0.404 e. The third kappa shape index (κ3) is 15.7. The molecular formula is C50H72BBrIN7O10. The molecule has 0 spiro atoms. The zero-order valence-corrected chi connectivity index (χ0v) is 44.6. The summed E-state index contributed by atoms with van der Waals surface area (Å²) in [5.41, 5.74) is 6.41. The highest BCUT2D eigenvalue weighted by Gasteiger charge is 2.68. The van der Waals surface area contributed by atoms with Gasteiger partial charge in [0.15, 0.2) is 0 Å². The molecule has 20 heteroatoms. The van der Waals surface area contributed by atoms with E-state index in [2.05, 4.69) is 91.2 Å². The number of aliphatic hydroxyl groups is 1. The van der Waals surface area contributed by atoms with E-state index in [-0.39, 0.29) is 49.5 Å². The Hall–Kier alpha value is -4.12. The molecule has 0 radical (unpaired) electrons. The highest BCUT2D eigenvalue weighted by Crippen LogP contribution is 2.65. The summed E-state index contributed by atoms with van der Waals surface area (Å²) < 4.78 is 14.3. The molecule has 17 nitrogen and oxygen atoms in total. The molecule has 384 valence electrons. The minimum atomic E-state index is -1.57. The van der Waals surface area contributed by atoms with Crippen molar-refractivity contribution < 1.29 is 48.0 Å². The maximum atomic E-state index is 14.2. The number of nitrogens with one attached hydrogen (secondary N) is 6. The van der Waals surface area contributed by atoms with Crippen LogP contribution in [0.25, 0.3) is 0 Å². The largest absolute Gasteiger partial charge is 0.481 e. The Kier molecular flexibility index (Phi) is 22.0. The standard InChI is InChI=1S/C50H72BBrIN7O10/c1-5-6-16-35(46(66)60-41(17-13-25-52)51-69-40-29-33-28-39(49(33,2)3)50(40,4)70-51)57-45(65)36(23-24-42(54)62)58-48(68)38(30-61)59-47(67)37(27-31-14-9-7-10-15-31)56-43(63)18-11-8-12-26-55-44(64)32-19-21-34(53)22-20-32/h7,9-10,14-15,19-22,33,35-41,61H,5-6,8,11-13,16-18,23-30H2,1-4H3,(H2,54,62)(H,55,64)(H,56,63)(H,57,65)(H,58,68)(H,59,67)(H,60,66)/t33-,35+,36+,37+,38+,39-,40-,41-,50+/m1/s1. The van der Waals surface area contributed by atoms with Crippen molar-refractivity contribution in [2.24, 2.45) is 23.0 Å². The summed E-state index contributed by atoms with van der Waals surface area (Å²) in [6.07, 6.45) is 6.13. The minimum absolute atomic E-state index is 0.0721. The summed E-state index contributed by atoms with van der Waals surface area (Å²) in [7, 11) is -0.689. The highest BCUT2D eigenvalue weighted by molar-refractivity contribution is 14.1. The molecule has 1 saturated heterocycles. The monoisotopic (exact) mass is 1150 g/mol. The van der Waals surface area contributed by atoms with Crippen LogP contribution < -0.4 is 37.6 Å². The van der Waals surface area contributed by atoms with Crippen molar-refractivity contribution in [2.45, 2.75) is 159 Å². The first-order valence-electron chi connectivity index (χ1n) is 24.8. The fourth-order valence-corrected chi connectivity index (χ4v) is 10.7. The van der Waals surface area contributed by atoms with Crippen LogP contribution in [0.2, 0.25) is 0 Å². The van der Waals surface area contributed by atoms with E-state index in [0.717, 1.165) is 34.8 Å². The second-order valence-electron chi connectivity index (χ2n) is 19.7. The molecule has 3 saturated carbocycles. The quantitative estimate of drug-likeness (QED) is 0.0250. The zero-order chi connectivity index (χ0) is 51.0. The number of hydrogen-bond donors (Lipinski definition) is 8. The Labute approximate surface area is 434 Å². The second-order valence-corrected chi connectivity index (χ2v) is 21.7. The van der Waals surface area contributed by atoms with E-state index < -0.39 is 84.9 Å². The van der Waals surface area contributed by atoms with E-state index in [4.69, 9.17) is 15.0 Å². The van der Waals surface area contributed by atoms with Gasteiger partial charge in [0.05, 0.1) is 24.3 Å². The number of rotatable bonds is 29. The molecular weight excluding hydrogens is 1080 g/mol. The lowest BCUT2D eigenvalue weighted by Crippen LogP contribution is -2.65. The van der Waals surface area contributed by atoms with Crippen molar-refractivity contribution in [3.05, 3.63) is 69.3 Å². The second kappa shape index (κ2) is 27.1. The first-order valence-corrected chi connectivity index (χ1v) is 27.0. The van der Waals surface area contributed by atoms with Crippen LogP contribution in [0.1, 0.15) is 127 Å². The number of carbonyl (C=O) groups is 7. The van der Waals surface area contributed by atoms with Crippen molar-refractivity contribution in [3.8, 4) is 0 Å². The number of primary amides is 1. The van der Waals surface area contributed by atoms with Crippen LogP contribution in [-0.4, -0.2) is 114 Å². The van der Waals surface area contributed by atoms with Crippen molar-refractivity contribution in [1.29, 1.82) is 0 Å². The van der Waals surface area contributed by atoms with E-state index in [1.807, 2.05) is 25.1 Å². The molecule has 2 aromatic rings. The van der Waals surface area contributed by atoms with Gasteiger partial charge in [0.2, 0.25) is 35.4 Å². The summed E-state index contributed by atoms with van der Waals surface area (Å²) in [5, 5.41) is 27.7. The molecule has 9 N–H and O–H groups in total. The lowest BCUT2D eigenvalue weighted by molar-refractivity contribution is -0.199. The molecule has 7 amide bonds. The fourth-order valence-electron chi connectivity index (χ4n) is 9.99. The Bertz CT molecular complexity index is 2110. The van der Waals surface area contributed by atoms with Crippen LogP contribution in [0.4, 0.5) is 0 Å². The van der Waals surface area contributed by atoms with Gasteiger partial charge in [-0.1, -0.05) is 86.3 Å². The average molecular weight is 1150 g/mol. The number of halogens is 2. The van der Waals surface area contributed by atoms with E-state index in [1.54, 1.807) is 36.4 Å². The summed E-state index contributed by atoms with van der Waals surface area (Å²) in [4.78, 5) is 93.5. The first-order chi connectivity index (χ1) is 33.4. The molecule has 1 heterocycles. The predicted octanol–water partition coefficient (Wildman–Crippen LogP) is 4.14. The maximum absolute atomic E-state index is 14.2. The fraction of sp³-hybridized carbons (Fsp3) is 0.620. The van der Waals surface area contributed by atoms with Gasteiger partial charge in [-0.3, -0.25) is 33.6 Å². The smallest absolute Gasteiger partial charge is 0.404 e. The zero-order valence-electron chi connectivity index (χ0n) is 40.9. The van der Waals surface area contributed by atoms with Gasteiger partial charge in [0.25, 0.3) is 5.91 Å². The van der Waals surface area contributed by atoms with Crippen molar-refractivity contribution >= 4 is 87.0 Å². The van der Waals surface area contributed by atoms with E-state index >= 15 is 0 Å². The van der Waals surface area contributed by atoms with E-state index in [1.165, 1.54) is 0 Å². The van der Waals surface area contributed by atoms with Gasteiger partial charge < -0.3 is 52.0 Å². The molecule has 2 bridgehead atoms. The number of alkyl halides is 1. The average Bonchev–Trinajstić information content (AvgIpc) is 3.70. The van der Waals surface area contributed by atoms with Gasteiger partial charge in [-0.15, -0.1) is 0 Å². The molecule has 70 heavy (non-hydrogen) atoms. The Balaban J connectivity index is 1.19. The molecule has 2 aromatic carbocycles. The van der Waals surface area contributed by atoms with Gasteiger partial charge in [-0.2, -0.15) is 0 Å². The molecule has 4 aliphatic rings. The highest BCUT2D eigenvalue weighted by atomic mass is 127. The number of unbranched alkanes of at least 4 members (excludes halogenated alkanes) is 3. The van der Waals surface area contributed by atoms with Crippen LogP contribution in [0.15, 0.2) is 54.6 Å². The molecule has 1 aliphatic heterocycles. The SMILES string of the molecule is CCCC[C@H](NC(=O)[C@H](CCC(N)=O)NC(=O)[C@H](CO)NC(=O)[C@H](Cc1ccccc1)NC(=O)CCCCCNC(=O)c1ccc(I)cc1)C(=O)N[C@H](CCCBr)B1O[C@@H]2C[C@H]3C[C@H](C3(C)C)[C@]2(C)O1. The van der Waals surface area contributed by atoms with Crippen molar-refractivity contribution in [3.63, 3.8) is 0 Å². The van der Waals surface area contributed by atoms with Crippen LogP contribution >= 0.6 is 38.5 Å². The van der Waals surface area contributed by atoms with Crippen LogP contribution in [-0.2, 0) is 44.5 Å². The Morgan fingerprint density at radius 1 is 0.771 bits per heavy atom. The van der Waals surface area contributed by atoms with Crippen molar-refractivity contribution in [1.82, 2.24) is 31.9 Å². The summed E-state index contributed by atoms with van der Waals surface area (Å²) in [6, 6.07) is 11.1. The lowest BCUT2D eigenvalue weighted by atomic mass is 9.43. The number of aliphatic hydroxyl groups excluding tert-OH is 1. The number of amides is 7. The molecule has 3 aliphatic carbocycles. The van der Waals surface area contributed by atoms with Crippen molar-refractivity contribution in [2.75, 3.05) is 18.5 Å². The van der Waals surface area contributed by atoms with Crippen LogP contribution in [0, 0.1) is 20.8 Å². The van der Waals surface area contributed by atoms with E-state index in [9.17, 15) is 38.7 Å². The molecule has 0 unspecified atom stereocenters. The first kappa shape index (κ1) is 56.8. The molecule has 6 rings (SSSR count). The summed E-state index contributed by atoms with van der Waals surface area (Å²) in [6.45, 7) is 8.20. The van der Waals surface area contributed by atoms with Gasteiger partial charge in [-0.05, 0) is 128 Å². The molecule has 4 fully saturated rings. The van der Waals surface area contributed by atoms with E-state index in [0.29, 0.717) is 61.4 Å². The molecule has 9 atom stereocenters. The normalized spacial score (nSPS) is 21.9. The van der Waals surface area contributed by atoms with Gasteiger partial charge >= 0.3 is 7.12 Å². The lowest BCUT2D eigenvalue weighted by Gasteiger charge is -2.64. The predicted molar refractivity (Wildman–Crippen MR) is 278 cm³/mol. The Morgan fingerprint density at radius 2 is 1.41 bits per heavy atom. The summed E-state index contributed by atoms with van der Waals surface area (Å²) >= 11 is 5.68. The number of benzene rings is 2. The van der Waals surface area contributed by atoms with Gasteiger partial charge in [-0.25, -0.2) is 0 Å². The summed E-state index contributed by atoms with van der Waals surface area (Å²) in [5.74, 6) is -3.86.